The maximum Gasteiger partial charge on any atom is 0.224 e. The third-order valence-corrected chi connectivity index (χ3v) is 4.05. The molecule has 2 rings (SSSR count). The van der Waals surface area contributed by atoms with Crippen LogP contribution in [0, 0.1) is 17.8 Å². The minimum atomic E-state index is -0.211. The number of rotatable bonds is 4. The lowest BCUT2D eigenvalue weighted by molar-refractivity contribution is -0.116. The Bertz CT molecular complexity index is 554. The number of halogens is 1. The molecule has 21 heavy (non-hydrogen) atoms. The van der Waals surface area contributed by atoms with Gasteiger partial charge in [-0.1, -0.05) is 49.1 Å². The van der Waals surface area contributed by atoms with E-state index in [1.165, 1.54) is 25.7 Å². The Morgan fingerprint density at radius 1 is 1.38 bits per heavy atom. The van der Waals surface area contributed by atoms with Crippen molar-refractivity contribution in [3.05, 3.63) is 28.8 Å². The predicted molar refractivity (Wildman–Crippen MR) is 85.2 cm³/mol. The molecule has 0 aromatic heterocycles. The Labute approximate surface area is 130 Å². The Balaban J connectivity index is 1.96. The molecule has 0 saturated heterocycles. The van der Waals surface area contributed by atoms with Crippen LogP contribution in [0.15, 0.2) is 18.2 Å². The molecule has 4 heteroatoms. The van der Waals surface area contributed by atoms with E-state index >= 15 is 0 Å². The quantitative estimate of drug-likeness (QED) is 0.835. The average Bonchev–Trinajstić information content (AvgIpc) is 2.98. The highest BCUT2D eigenvalue weighted by Crippen LogP contribution is 2.28. The van der Waals surface area contributed by atoms with Gasteiger partial charge in [0.15, 0.2) is 0 Å². The van der Waals surface area contributed by atoms with Crippen LogP contribution in [0.4, 0.5) is 5.69 Å². The molecule has 0 heterocycles. The molecule has 0 radical (unpaired) electrons. The first-order chi connectivity index (χ1) is 10.2. The van der Waals surface area contributed by atoms with Gasteiger partial charge in [0.05, 0.1) is 5.69 Å². The first kappa shape index (κ1) is 15.9. The summed E-state index contributed by atoms with van der Waals surface area (Å²) in [6.07, 6.45) is 6.56. The molecule has 0 spiro atoms. The molecule has 0 aliphatic heterocycles. The molecule has 1 fully saturated rings. The molecule has 1 amide bonds. The van der Waals surface area contributed by atoms with Crippen LogP contribution < -0.4 is 5.32 Å². The lowest BCUT2D eigenvalue weighted by Gasteiger charge is -2.10. The second-order valence-electron chi connectivity index (χ2n) is 5.39. The van der Waals surface area contributed by atoms with Gasteiger partial charge in [-0.05, 0) is 30.5 Å². The Kier molecular flexibility index (Phi) is 6.10. The standard InChI is InChI=1S/C17H20ClNO2/c18-15-9-8-14(6-3-11-20)16(12-15)19-17(21)10-7-13-4-1-2-5-13/h8-9,12-13,20H,1-2,4-5,7,10-11H2,(H,19,21). The summed E-state index contributed by atoms with van der Waals surface area (Å²) in [6, 6.07) is 5.16. The van der Waals surface area contributed by atoms with E-state index in [0.717, 1.165) is 6.42 Å². The van der Waals surface area contributed by atoms with Gasteiger partial charge in [0.1, 0.15) is 6.61 Å². The number of benzene rings is 1. The van der Waals surface area contributed by atoms with Crippen molar-refractivity contribution in [2.45, 2.75) is 38.5 Å². The number of hydrogen-bond donors (Lipinski definition) is 2. The zero-order chi connectivity index (χ0) is 15.1. The summed E-state index contributed by atoms with van der Waals surface area (Å²) < 4.78 is 0. The number of amides is 1. The van der Waals surface area contributed by atoms with Crippen molar-refractivity contribution in [2.75, 3.05) is 11.9 Å². The van der Waals surface area contributed by atoms with E-state index in [2.05, 4.69) is 17.2 Å². The van der Waals surface area contributed by atoms with Crippen LogP contribution in [0.1, 0.15) is 44.1 Å². The van der Waals surface area contributed by atoms with Gasteiger partial charge in [-0.15, -0.1) is 0 Å². The number of carbonyl (C=O) groups is 1. The number of hydrogen-bond acceptors (Lipinski definition) is 2. The lowest BCUT2D eigenvalue weighted by Crippen LogP contribution is -2.13. The molecule has 0 atom stereocenters. The van der Waals surface area contributed by atoms with Crippen molar-refractivity contribution >= 4 is 23.2 Å². The van der Waals surface area contributed by atoms with Gasteiger partial charge in [-0.2, -0.15) is 0 Å². The van der Waals surface area contributed by atoms with E-state index in [4.69, 9.17) is 16.7 Å². The summed E-state index contributed by atoms with van der Waals surface area (Å²) in [5.74, 6) is 6.10. The van der Waals surface area contributed by atoms with Crippen molar-refractivity contribution in [1.29, 1.82) is 0 Å². The molecule has 112 valence electrons. The maximum atomic E-state index is 12.1. The van der Waals surface area contributed by atoms with Crippen LogP contribution in [-0.2, 0) is 4.79 Å². The maximum absolute atomic E-state index is 12.1. The van der Waals surface area contributed by atoms with Crippen molar-refractivity contribution in [3.63, 3.8) is 0 Å². The number of anilines is 1. The van der Waals surface area contributed by atoms with E-state index in [-0.39, 0.29) is 12.5 Å². The van der Waals surface area contributed by atoms with Gasteiger partial charge in [0.25, 0.3) is 0 Å². The Morgan fingerprint density at radius 3 is 2.86 bits per heavy atom. The second-order valence-corrected chi connectivity index (χ2v) is 5.82. The van der Waals surface area contributed by atoms with Crippen LogP contribution in [0.2, 0.25) is 5.02 Å². The summed E-state index contributed by atoms with van der Waals surface area (Å²) in [4.78, 5) is 12.1. The fourth-order valence-electron chi connectivity index (χ4n) is 2.71. The molecule has 0 unspecified atom stereocenters. The number of carbonyl (C=O) groups excluding carboxylic acids is 1. The minimum absolute atomic E-state index is 0.00350. The SMILES string of the molecule is O=C(CCC1CCCC1)Nc1cc(Cl)ccc1C#CCO. The van der Waals surface area contributed by atoms with E-state index in [9.17, 15) is 4.79 Å². The normalized spacial score (nSPS) is 14.6. The predicted octanol–water partition coefficient (Wildman–Crippen LogP) is 3.59. The van der Waals surface area contributed by atoms with E-state index in [0.29, 0.717) is 28.6 Å². The van der Waals surface area contributed by atoms with Gasteiger partial charge >= 0.3 is 0 Å². The summed E-state index contributed by atoms with van der Waals surface area (Å²) in [5.41, 5.74) is 1.28. The van der Waals surface area contributed by atoms with Gasteiger partial charge < -0.3 is 10.4 Å². The van der Waals surface area contributed by atoms with Crippen molar-refractivity contribution < 1.29 is 9.90 Å². The smallest absolute Gasteiger partial charge is 0.224 e. The molecule has 1 aromatic carbocycles. The zero-order valence-electron chi connectivity index (χ0n) is 12.0. The Hall–Kier alpha value is -1.50. The third-order valence-electron chi connectivity index (χ3n) is 3.81. The molecular weight excluding hydrogens is 286 g/mol. The van der Waals surface area contributed by atoms with E-state index in [1.807, 2.05) is 0 Å². The zero-order valence-corrected chi connectivity index (χ0v) is 12.7. The first-order valence-electron chi connectivity index (χ1n) is 7.38. The van der Waals surface area contributed by atoms with Crippen LogP contribution in [0.5, 0.6) is 0 Å². The van der Waals surface area contributed by atoms with Gasteiger partial charge in [0.2, 0.25) is 5.91 Å². The summed E-state index contributed by atoms with van der Waals surface area (Å²) in [6.45, 7) is -0.211. The highest BCUT2D eigenvalue weighted by atomic mass is 35.5. The highest BCUT2D eigenvalue weighted by Gasteiger charge is 2.16. The van der Waals surface area contributed by atoms with Crippen LogP contribution in [-0.4, -0.2) is 17.6 Å². The van der Waals surface area contributed by atoms with Crippen LogP contribution >= 0.6 is 11.6 Å². The minimum Gasteiger partial charge on any atom is -0.384 e. The molecule has 1 saturated carbocycles. The molecule has 2 N–H and O–H groups in total. The molecule has 1 aliphatic carbocycles. The van der Waals surface area contributed by atoms with E-state index in [1.54, 1.807) is 18.2 Å². The Morgan fingerprint density at radius 2 is 2.14 bits per heavy atom. The summed E-state index contributed by atoms with van der Waals surface area (Å²) >= 11 is 5.97. The van der Waals surface area contributed by atoms with Crippen LogP contribution in [0.3, 0.4) is 0 Å². The third kappa shape index (κ3) is 5.08. The number of aliphatic hydroxyl groups excluding tert-OH is 1. The van der Waals surface area contributed by atoms with Gasteiger partial charge in [0, 0.05) is 17.0 Å². The fourth-order valence-corrected chi connectivity index (χ4v) is 2.88. The van der Waals surface area contributed by atoms with Crippen molar-refractivity contribution in [2.24, 2.45) is 5.92 Å². The summed E-state index contributed by atoms with van der Waals surface area (Å²) in [5, 5.41) is 12.2. The number of nitrogens with one attached hydrogen (secondary N) is 1. The second kappa shape index (κ2) is 8.07. The summed E-state index contributed by atoms with van der Waals surface area (Å²) in [7, 11) is 0. The van der Waals surface area contributed by atoms with Crippen molar-refractivity contribution in [1.82, 2.24) is 0 Å². The largest absolute Gasteiger partial charge is 0.384 e. The molecular formula is C17H20ClNO2. The molecule has 1 aliphatic rings. The number of aliphatic hydroxyl groups is 1. The van der Waals surface area contributed by atoms with Gasteiger partial charge in [-0.25, -0.2) is 0 Å². The topological polar surface area (TPSA) is 49.3 Å². The molecule has 3 nitrogen and oxygen atoms in total. The van der Waals surface area contributed by atoms with E-state index < -0.39 is 0 Å². The van der Waals surface area contributed by atoms with Crippen LogP contribution in [0.25, 0.3) is 0 Å². The van der Waals surface area contributed by atoms with Gasteiger partial charge in [-0.3, -0.25) is 4.79 Å². The van der Waals surface area contributed by atoms with Crippen molar-refractivity contribution in [3.8, 4) is 11.8 Å². The fraction of sp³-hybridized carbons (Fsp3) is 0.471. The molecule has 0 bridgehead atoms. The monoisotopic (exact) mass is 305 g/mol. The highest BCUT2D eigenvalue weighted by molar-refractivity contribution is 6.31. The molecule has 1 aromatic rings. The first-order valence-corrected chi connectivity index (χ1v) is 7.76. The average molecular weight is 306 g/mol. The lowest BCUT2D eigenvalue weighted by atomic mass is 10.0.